The van der Waals surface area contributed by atoms with Crippen LogP contribution >= 0.6 is 11.6 Å². The van der Waals surface area contributed by atoms with Gasteiger partial charge in [0, 0.05) is 24.3 Å². The van der Waals surface area contributed by atoms with Gasteiger partial charge in [-0.15, -0.1) is 11.6 Å². The molecule has 2 rings (SSSR count). The van der Waals surface area contributed by atoms with Gasteiger partial charge >= 0.3 is 5.69 Å². The lowest BCUT2D eigenvalue weighted by atomic mass is 9.95. The van der Waals surface area contributed by atoms with E-state index in [1.807, 2.05) is 0 Å². The van der Waals surface area contributed by atoms with Crippen molar-refractivity contribution in [3.8, 4) is 5.75 Å². The van der Waals surface area contributed by atoms with Crippen LogP contribution < -0.4 is 4.74 Å². The first kappa shape index (κ1) is 12.0. The van der Waals surface area contributed by atoms with Crippen molar-refractivity contribution in [3.63, 3.8) is 0 Å². The highest BCUT2D eigenvalue weighted by Gasteiger charge is 2.30. The SMILES string of the molecule is O=[N+]([O-])c1cc(F)c(OC2CC(Cl)C2)cc1F. The van der Waals surface area contributed by atoms with Gasteiger partial charge in [0.2, 0.25) is 5.82 Å². The third-order valence-corrected chi connectivity index (χ3v) is 2.89. The van der Waals surface area contributed by atoms with Gasteiger partial charge in [-0.1, -0.05) is 0 Å². The highest BCUT2D eigenvalue weighted by Crippen LogP contribution is 2.33. The number of hydrogen-bond donors (Lipinski definition) is 0. The first-order valence-electron chi connectivity index (χ1n) is 4.91. The third-order valence-electron chi connectivity index (χ3n) is 2.53. The largest absolute Gasteiger partial charge is 0.487 e. The summed E-state index contributed by atoms with van der Waals surface area (Å²) in [6.07, 6.45) is 0.854. The summed E-state index contributed by atoms with van der Waals surface area (Å²) >= 11 is 5.71. The number of nitro groups is 1. The Labute approximate surface area is 100 Å². The summed E-state index contributed by atoms with van der Waals surface area (Å²) in [5.41, 5.74) is -0.904. The van der Waals surface area contributed by atoms with Gasteiger partial charge in [-0.2, -0.15) is 4.39 Å². The maximum absolute atomic E-state index is 13.4. The Kier molecular flexibility index (Phi) is 3.15. The monoisotopic (exact) mass is 263 g/mol. The molecule has 0 N–H and O–H groups in total. The molecule has 0 amide bonds. The summed E-state index contributed by atoms with van der Waals surface area (Å²) in [5, 5.41) is 10.4. The lowest BCUT2D eigenvalue weighted by molar-refractivity contribution is -0.387. The smallest absolute Gasteiger partial charge is 0.307 e. The molecule has 1 fully saturated rings. The maximum atomic E-state index is 13.4. The van der Waals surface area contributed by atoms with Crippen LogP contribution in [0, 0.1) is 21.7 Å². The minimum atomic E-state index is -1.12. The number of ether oxygens (including phenoxy) is 1. The summed E-state index contributed by atoms with van der Waals surface area (Å²) < 4.78 is 31.7. The Morgan fingerprint density at radius 3 is 2.53 bits per heavy atom. The van der Waals surface area contributed by atoms with E-state index in [0.29, 0.717) is 25.0 Å². The first-order chi connectivity index (χ1) is 7.97. The fourth-order valence-electron chi connectivity index (χ4n) is 1.53. The predicted molar refractivity (Wildman–Crippen MR) is 56.3 cm³/mol. The molecule has 17 heavy (non-hydrogen) atoms. The Bertz CT molecular complexity index is 463. The van der Waals surface area contributed by atoms with E-state index in [0.717, 1.165) is 0 Å². The normalized spacial score (nSPS) is 23.0. The fourth-order valence-corrected chi connectivity index (χ4v) is 1.92. The van der Waals surface area contributed by atoms with E-state index in [4.69, 9.17) is 16.3 Å². The number of alkyl halides is 1. The van der Waals surface area contributed by atoms with Crippen LogP contribution in [-0.4, -0.2) is 16.4 Å². The molecule has 0 bridgehead atoms. The lowest BCUT2D eigenvalue weighted by Gasteiger charge is -2.31. The second-order valence-corrected chi connectivity index (χ2v) is 4.42. The summed E-state index contributed by atoms with van der Waals surface area (Å²) in [4.78, 5) is 9.37. The van der Waals surface area contributed by atoms with Gasteiger partial charge in [0.1, 0.15) is 6.10 Å². The first-order valence-corrected chi connectivity index (χ1v) is 5.35. The van der Waals surface area contributed by atoms with E-state index in [-0.39, 0.29) is 17.2 Å². The molecule has 1 aromatic carbocycles. The molecule has 4 nitrogen and oxygen atoms in total. The molecule has 0 aliphatic heterocycles. The van der Waals surface area contributed by atoms with Gasteiger partial charge in [0.05, 0.1) is 11.0 Å². The summed E-state index contributed by atoms with van der Waals surface area (Å²) in [7, 11) is 0. The van der Waals surface area contributed by atoms with E-state index in [2.05, 4.69) is 0 Å². The summed E-state index contributed by atoms with van der Waals surface area (Å²) in [5.74, 6) is -2.38. The molecule has 1 aliphatic rings. The summed E-state index contributed by atoms with van der Waals surface area (Å²) in [6, 6.07) is 1.20. The van der Waals surface area contributed by atoms with Gasteiger partial charge in [0.15, 0.2) is 11.6 Å². The zero-order valence-electron chi connectivity index (χ0n) is 8.53. The molecule has 1 saturated carbocycles. The highest BCUT2D eigenvalue weighted by atomic mass is 35.5. The Hall–Kier alpha value is -1.43. The second kappa shape index (κ2) is 4.44. The van der Waals surface area contributed by atoms with Crippen molar-refractivity contribution < 1.29 is 18.4 Å². The van der Waals surface area contributed by atoms with Crippen LogP contribution in [0.3, 0.4) is 0 Å². The predicted octanol–water partition coefficient (Wildman–Crippen LogP) is 3.02. The standard InChI is InChI=1S/C10H8ClF2NO3/c11-5-1-6(2-5)17-10-4-7(12)9(14(15)16)3-8(10)13/h3-6H,1-2H2. The number of rotatable bonds is 3. The fraction of sp³-hybridized carbons (Fsp3) is 0.400. The topological polar surface area (TPSA) is 52.4 Å². The van der Waals surface area contributed by atoms with Gasteiger partial charge in [-0.25, -0.2) is 4.39 Å². The average Bonchev–Trinajstić information content (AvgIpc) is 2.20. The van der Waals surface area contributed by atoms with Crippen LogP contribution in [0.4, 0.5) is 14.5 Å². The third kappa shape index (κ3) is 2.46. The summed E-state index contributed by atoms with van der Waals surface area (Å²) in [6.45, 7) is 0. The van der Waals surface area contributed by atoms with Crippen LogP contribution in [0.15, 0.2) is 12.1 Å². The number of hydrogen-bond acceptors (Lipinski definition) is 3. The number of benzene rings is 1. The number of nitrogens with zero attached hydrogens (tertiary/aromatic N) is 1. The number of halogens is 3. The van der Waals surface area contributed by atoms with Crippen molar-refractivity contribution in [1.82, 2.24) is 0 Å². The van der Waals surface area contributed by atoms with Crippen LogP contribution in [0.5, 0.6) is 5.75 Å². The van der Waals surface area contributed by atoms with Crippen LogP contribution in [0.25, 0.3) is 0 Å². The molecule has 0 aromatic heterocycles. The Morgan fingerprint density at radius 2 is 2.00 bits per heavy atom. The molecule has 0 unspecified atom stereocenters. The lowest BCUT2D eigenvalue weighted by Crippen LogP contribution is -2.34. The molecule has 1 aromatic rings. The highest BCUT2D eigenvalue weighted by molar-refractivity contribution is 6.21. The molecule has 0 saturated heterocycles. The van der Waals surface area contributed by atoms with E-state index < -0.39 is 22.2 Å². The minimum Gasteiger partial charge on any atom is -0.487 e. The zero-order chi connectivity index (χ0) is 12.6. The molecule has 0 radical (unpaired) electrons. The van der Waals surface area contributed by atoms with Crippen LogP contribution in [0.2, 0.25) is 0 Å². The van der Waals surface area contributed by atoms with Gasteiger partial charge < -0.3 is 4.74 Å². The second-order valence-electron chi connectivity index (χ2n) is 3.80. The Morgan fingerprint density at radius 1 is 1.35 bits per heavy atom. The van der Waals surface area contributed by atoms with Crippen molar-refractivity contribution in [2.75, 3.05) is 0 Å². The van der Waals surface area contributed by atoms with E-state index in [1.165, 1.54) is 0 Å². The van der Waals surface area contributed by atoms with Crippen molar-refractivity contribution in [1.29, 1.82) is 0 Å². The molecule has 7 heteroatoms. The molecule has 0 heterocycles. The van der Waals surface area contributed by atoms with Crippen LogP contribution in [-0.2, 0) is 0 Å². The Balaban J connectivity index is 2.18. The van der Waals surface area contributed by atoms with Crippen LogP contribution in [0.1, 0.15) is 12.8 Å². The molecule has 0 spiro atoms. The zero-order valence-corrected chi connectivity index (χ0v) is 9.29. The van der Waals surface area contributed by atoms with E-state index >= 15 is 0 Å². The van der Waals surface area contributed by atoms with Gasteiger partial charge in [-0.05, 0) is 0 Å². The molecule has 92 valence electrons. The molecule has 0 atom stereocenters. The maximum Gasteiger partial charge on any atom is 0.307 e. The number of nitro benzene ring substituents is 1. The van der Waals surface area contributed by atoms with E-state index in [9.17, 15) is 18.9 Å². The van der Waals surface area contributed by atoms with Crippen molar-refractivity contribution in [2.45, 2.75) is 24.3 Å². The minimum absolute atomic E-state index is 0.00837. The molecule has 1 aliphatic carbocycles. The quantitative estimate of drug-likeness (QED) is 0.478. The van der Waals surface area contributed by atoms with E-state index in [1.54, 1.807) is 0 Å². The van der Waals surface area contributed by atoms with Gasteiger partial charge in [0.25, 0.3) is 0 Å². The van der Waals surface area contributed by atoms with Crippen molar-refractivity contribution in [3.05, 3.63) is 33.9 Å². The average molecular weight is 264 g/mol. The van der Waals surface area contributed by atoms with Gasteiger partial charge in [-0.3, -0.25) is 10.1 Å². The van der Waals surface area contributed by atoms with Crippen molar-refractivity contribution in [2.24, 2.45) is 0 Å². The van der Waals surface area contributed by atoms with Crippen molar-refractivity contribution >= 4 is 17.3 Å². The molecular formula is C10H8ClF2NO3. The molecular weight excluding hydrogens is 256 g/mol.